The average molecular weight is 446 g/mol. The predicted molar refractivity (Wildman–Crippen MR) is 136 cm³/mol. The van der Waals surface area contributed by atoms with Crippen LogP contribution in [0.15, 0.2) is 113 Å². The number of benzene rings is 4. The van der Waals surface area contributed by atoms with Crippen LogP contribution in [0.3, 0.4) is 0 Å². The van der Waals surface area contributed by atoms with Gasteiger partial charge in [-0.05, 0) is 42.3 Å². The Bertz CT molecular complexity index is 1540. The molecule has 5 rings (SSSR count). The minimum absolute atomic E-state index is 0.215. The molecule has 166 valence electrons. The van der Waals surface area contributed by atoms with Crippen molar-refractivity contribution in [3.8, 4) is 17.1 Å². The lowest BCUT2D eigenvalue weighted by Gasteiger charge is -2.10. The molecule has 0 N–H and O–H groups in total. The fourth-order valence-electron chi connectivity index (χ4n) is 3.78. The standard InChI is InChI=1S/C29H23N3O2/c1-21-9-7-11-23(17-21)20-34-25-14-8-10-22(18-25)19-30-32-28(24-12-3-2-4-13-24)31-27-16-6-5-15-26(27)29(32)33/h2-19H,20H2,1H3. The van der Waals surface area contributed by atoms with E-state index in [0.717, 1.165) is 22.4 Å². The first kappa shape index (κ1) is 21.3. The van der Waals surface area contributed by atoms with Gasteiger partial charge >= 0.3 is 0 Å². The quantitative estimate of drug-likeness (QED) is 0.309. The molecule has 0 aliphatic carbocycles. The molecule has 1 heterocycles. The maximum absolute atomic E-state index is 13.3. The van der Waals surface area contributed by atoms with Gasteiger partial charge < -0.3 is 4.74 Å². The molecule has 0 spiro atoms. The monoisotopic (exact) mass is 445 g/mol. The van der Waals surface area contributed by atoms with Crippen LogP contribution in [0.5, 0.6) is 5.75 Å². The first-order valence-electron chi connectivity index (χ1n) is 11.1. The fraction of sp³-hybridized carbons (Fsp3) is 0.0690. The summed E-state index contributed by atoms with van der Waals surface area (Å²) >= 11 is 0. The molecule has 0 radical (unpaired) electrons. The minimum Gasteiger partial charge on any atom is -0.489 e. The van der Waals surface area contributed by atoms with Crippen LogP contribution in [0.4, 0.5) is 0 Å². The third-order valence-electron chi connectivity index (χ3n) is 5.45. The van der Waals surface area contributed by atoms with Gasteiger partial charge in [-0.25, -0.2) is 4.98 Å². The summed E-state index contributed by atoms with van der Waals surface area (Å²) in [6.07, 6.45) is 1.66. The Morgan fingerprint density at radius 3 is 2.53 bits per heavy atom. The second kappa shape index (κ2) is 9.55. The number of hydrogen-bond donors (Lipinski definition) is 0. The Kier molecular flexibility index (Phi) is 5.99. The molecule has 5 nitrogen and oxygen atoms in total. The van der Waals surface area contributed by atoms with Gasteiger partial charge in [0.25, 0.3) is 5.56 Å². The molecule has 0 aliphatic rings. The van der Waals surface area contributed by atoms with Crippen LogP contribution in [0.25, 0.3) is 22.3 Å². The van der Waals surface area contributed by atoms with Crippen molar-refractivity contribution < 1.29 is 4.74 Å². The second-order valence-electron chi connectivity index (χ2n) is 8.03. The van der Waals surface area contributed by atoms with Crippen molar-refractivity contribution in [2.45, 2.75) is 13.5 Å². The van der Waals surface area contributed by atoms with Crippen LogP contribution < -0.4 is 10.3 Å². The highest BCUT2D eigenvalue weighted by molar-refractivity contribution is 5.82. The average Bonchev–Trinajstić information content (AvgIpc) is 2.88. The highest BCUT2D eigenvalue weighted by Crippen LogP contribution is 2.19. The van der Waals surface area contributed by atoms with Crippen LogP contribution in [0.2, 0.25) is 0 Å². The zero-order valence-electron chi connectivity index (χ0n) is 18.8. The topological polar surface area (TPSA) is 56.5 Å². The number of fused-ring (bicyclic) bond motifs is 1. The third-order valence-corrected chi connectivity index (χ3v) is 5.45. The molecule has 0 bridgehead atoms. The molecule has 0 saturated carbocycles. The summed E-state index contributed by atoms with van der Waals surface area (Å²) in [7, 11) is 0. The SMILES string of the molecule is Cc1cccc(COc2cccc(C=Nn3c(-c4ccccc4)nc4ccccc4c3=O)c2)c1. The molecule has 4 aromatic carbocycles. The molecular weight excluding hydrogens is 422 g/mol. The van der Waals surface area contributed by atoms with Crippen molar-refractivity contribution in [2.24, 2.45) is 5.10 Å². The Morgan fingerprint density at radius 2 is 1.68 bits per heavy atom. The molecule has 0 aliphatic heterocycles. The van der Waals surface area contributed by atoms with E-state index in [9.17, 15) is 4.79 Å². The van der Waals surface area contributed by atoms with E-state index in [1.807, 2.05) is 84.9 Å². The molecule has 0 atom stereocenters. The van der Waals surface area contributed by atoms with Crippen LogP contribution in [0, 0.1) is 6.92 Å². The molecule has 5 heteroatoms. The highest BCUT2D eigenvalue weighted by Gasteiger charge is 2.12. The van der Waals surface area contributed by atoms with E-state index in [2.05, 4.69) is 24.2 Å². The van der Waals surface area contributed by atoms with Crippen LogP contribution >= 0.6 is 0 Å². The smallest absolute Gasteiger partial charge is 0.282 e. The van der Waals surface area contributed by atoms with E-state index in [1.165, 1.54) is 10.2 Å². The number of nitrogens with zero attached hydrogens (tertiary/aromatic N) is 3. The Balaban J connectivity index is 1.48. The van der Waals surface area contributed by atoms with Gasteiger partial charge in [-0.1, -0.05) is 84.4 Å². The van der Waals surface area contributed by atoms with Gasteiger partial charge in [0, 0.05) is 5.56 Å². The minimum atomic E-state index is -0.215. The zero-order valence-corrected chi connectivity index (χ0v) is 18.8. The van der Waals surface area contributed by atoms with E-state index in [4.69, 9.17) is 9.72 Å². The van der Waals surface area contributed by atoms with Crippen LogP contribution in [-0.4, -0.2) is 15.9 Å². The lowest BCUT2D eigenvalue weighted by molar-refractivity contribution is 0.306. The third kappa shape index (κ3) is 4.64. The largest absolute Gasteiger partial charge is 0.489 e. The summed E-state index contributed by atoms with van der Waals surface area (Å²) in [5, 5.41) is 5.06. The highest BCUT2D eigenvalue weighted by atomic mass is 16.5. The molecule has 5 aromatic rings. The molecule has 0 fully saturated rings. The van der Waals surface area contributed by atoms with Gasteiger partial charge in [-0.3, -0.25) is 4.79 Å². The number of rotatable bonds is 6. The molecule has 1 aromatic heterocycles. The summed E-state index contributed by atoms with van der Waals surface area (Å²) in [6.45, 7) is 2.54. The molecule has 0 unspecified atom stereocenters. The molecule has 34 heavy (non-hydrogen) atoms. The van der Waals surface area contributed by atoms with E-state index in [1.54, 1.807) is 12.3 Å². The van der Waals surface area contributed by atoms with Gasteiger partial charge in [0.05, 0.1) is 17.1 Å². The van der Waals surface area contributed by atoms with Gasteiger partial charge in [-0.2, -0.15) is 9.78 Å². The summed E-state index contributed by atoms with van der Waals surface area (Å²) in [5.74, 6) is 1.23. The van der Waals surface area contributed by atoms with E-state index < -0.39 is 0 Å². The molecule has 0 saturated heterocycles. The summed E-state index contributed by atoms with van der Waals surface area (Å²) < 4.78 is 7.33. The van der Waals surface area contributed by atoms with Crippen LogP contribution in [0.1, 0.15) is 16.7 Å². The number of aromatic nitrogens is 2. The Labute approximate surface area is 197 Å². The van der Waals surface area contributed by atoms with Gasteiger partial charge in [0.15, 0.2) is 5.82 Å². The molecular formula is C29H23N3O2. The number of aryl methyl sites for hydroxylation is 1. The normalized spacial score (nSPS) is 11.2. The van der Waals surface area contributed by atoms with E-state index in [-0.39, 0.29) is 5.56 Å². The Hall–Kier alpha value is -4.51. The van der Waals surface area contributed by atoms with E-state index >= 15 is 0 Å². The fourth-order valence-corrected chi connectivity index (χ4v) is 3.78. The van der Waals surface area contributed by atoms with Crippen molar-refractivity contribution in [3.63, 3.8) is 0 Å². The van der Waals surface area contributed by atoms with Crippen molar-refractivity contribution in [1.29, 1.82) is 0 Å². The van der Waals surface area contributed by atoms with Crippen LogP contribution in [-0.2, 0) is 6.61 Å². The first-order valence-corrected chi connectivity index (χ1v) is 11.1. The van der Waals surface area contributed by atoms with Crippen molar-refractivity contribution in [2.75, 3.05) is 0 Å². The maximum Gasteiger partial charge on any atom is 0.282 e. The van der Waals surface area contributed by atoms with Gasteiger partial charge in [0.2, 0.25) is 0 Å². The van der Waals surface area contributed by atoms with Crippen molar-refractivity contribution in [1.82, 2.24) is 9.66 Å². The summed E-state index contributed by atoms with van der Waals surface area (Å²) in [5.41, 5.74) is 4.38. The predicted octanol–water partition coefficient (Wildman–Crippen LogP) is 5.83. The van der Waals surface area contributed by atoms with Gasteiger partial charge in [0.1, 0.15) is 12.4 Å². The Morgan fingerprint density at radius 1 is 0.882 bits per heavy atom. The van der Waals surface area contributed by atoms with E-state index in [0.29, 0.717) is 23.3 Å². The maximum atomic E-state index is 13.3. The number of hydrogen-bond acceptors (Lipinski definition) is 4. The van der Waals surface area contributed by atoms with Crippen molar-refractivity contribution >= 4 is 17.1 Å². The summed E-state index contributed by atoms with van der Waals surface area (Å²) in [4.78, 5) is 18.0. The lowest BCUT2D eigenvalue weighted by Crippen LogP contribution is -2.20. The van der Waals surface area contributed by atoms with Gasteiger partial charge in [-0.15, -0.1) is 0 Å². The van der Waals surface area contributed by atoms with Crippen molar-refractivity contribution in [3.05, 3.63) is 130 Å². The first-order chi connectivity index (χ1) is 16.7. The number of ether oxygens (including phenoxy) is 1. The lowest BCUT2D eigenvalue weighted by atomic mass is 10.1. The molecule has 0 amide bonds. The second-order valence-corrected chi connectivity index (χ2v) is 8.03. The zero-order chi connectivity index (χ0) is 23.3. The summed E-state index contributed by atoms with van der Waals surface area (Å²) in [6, 6.07) is 32.8. The number of para-hydroxylation sites is 1.